The molecule has 2 heteroatoms. The molecule has 0 radical (unpaired) electrons. The lowest BCUT2D eigenvalue weighted by Gasteiger charge is -2.36. The molecular weight excluding hydrogens is 215 g/mol. The Hall–Kier alpha value is 0.580. The van der Waals surface area contributed by atoms with Gasteiger partial charge in [-0.05, 0) is 24.2 Å². The van der Waals surface area contributed by atoms with Crippen LogP contribution in [-0.2, 0) is 0 Å². The number of hydrogen-bond donors (Lipinski definition) is 0. The third-order valence-corrected chi connectivity index (χ3v) is 4.13. The second-order valence-electron chi connectivity index (χ2n) is 4.44. The van der Waals surface area contributed by atoms with Crippen LogP contribution in [0.2, 0.25) is 0 Å². The van der Waals surface area contributed by atoms with E-state index in [9.17, 15) is 0 Å². The van der Waals surface area contributed by atoms with Crippen molar-refractivity contribution in [1.82, 2.24) is 0 Å². The van der Waals surface area contributed by atoms with E-state index in [4.69, 9.17) is 23.2 Å². The summed E-state index contributed by atoms with van der Waals surface area (Å²) in [7, 11) is 0. The van der Waals surface area contributed by atoms with Crippen LogP contribution in [0.4, 0.5) is 0 Å². The first-order chi connectivity index (χ1) is 6.64. The highest BCUT2D eigenvalue weighted by Gasteiger charge is 2.30. The lowest BCUT2D eigenvalue weighted by molar-refractivity contribution is 0.169. The quantitative estimate of drug-likeness (QED) is 0.518. The monoisotopic (exact) mass is 238 g/mol. The molecule has 86 valence electrons. The first kappa shape index (κ1) is 14.6. The van der Waals surface area contributed by atoms with Crippen LogP contribution in [0.15, 0.2) is 0 Å². The number of hydrogen-bond acceptors (Lipinski definition) is 0. The van der Waals surface area contributed by atoms with Gasteiger partial charge in [-0.25, -0.2) is 0 Å². The number of unbranched alkanes of at least 4 members (excludes halogenated alkanes) is 1. The first-order valence-corrected chi connectivity index (χ1v) is 6.83. The van der Waals surface area contributed by atoms with Gasteiger partial charge in [0.2, 0.25) is 0 Å². The molecule has 0 aromatic heterocycles. The maximum Gasteiger partial charge on any atom is 0.0257 e. The SMILES string of the molecule is CCCCC(C)(CC)C(CCl)CCCl. The van der Waals surface area contributed by atoms with Crippen LogP contribution in [0.1, 0.15) is 52.9 Å². The van der Waals surface area contributed by atoms with Crippen LogP contribution < -0.4 is 0 Å². The summed E-state index contributed by atoms with van der Waals surface area (Å²) in [6.07, 6.45) is 6.13. The van der Waals surface area contributed by atoms with Gasteiger partial charge in [-0.15, -0.1) is 23.2 Å². The standard InChI is InChI=1S/C12H24Cl2/c1-4-6-8-12(3,5-2)11(10-14)7-9-13/h11H,4-10H2,1-3H3. The van der Waals surface area contributed by atoms with Gasteiger partial charge in [-0.1, -0.05) is 40.0 Å². The number of rotatable bonds is 8. The van der Waals surface area contributed by atoms with Crippen molar-refractivity contribution in [2.75, 3.05) is 11.8 Å². The zero-order chi connectivity index (χ0) is 11.0. The third-order valence-electron chi connectivity index (χ3n) is 3.54. The van der Waals surface area contributed by atoms with E-state index < -0.39 is 0 Å². The van der Waals surface area contributed by atoms with Crippen LogP contribution in [0.5, 0.6) is 0 Å². The third kappa shape index (κ3) is 4.40. The van der Waals surface area contributed by atoms with Crippen molar-refractivity contribution >= 4 is 23.2 Å². The Morgan fingerprint density at radius 2 is 1.86 bits per heavy atom. The minimum absolute atomic E-state index is 0.395. The topological polar surface area (TPSA) is 0 Å². The second kappa shape index (κ2) is 7.82. The summed E-state index contributed by atoms with van der Waals surface area (Å²) in [5.74, 6) is 2.07. The largest absolute Gasteiger partial charge is 0.127 e. The molecule has 0 fully saturated rings. The minimum atomic E-state index is 0.395. The highest BCUT2D eigenvalue weighted by Crippen LogP contribution is 2.39. The zero-order valence-corrected chi connectivity index (χ0v) is 11.3. The normalized spacial score (nSPS) is 17.8. The van der Waals surface area contributed by atoms with E-state index in [0.29, 0.717) is 11.3 Å². The molecule has 2 atom stereocenters. The van der Waals surface area contributed by atoms with Gasteiger partial charge in [-0.3, -0.25) is 0 Å². The Kier molecular flexibility index (Phi) is 8.14. The Morgan fingerprint density at radius 3 is 2.21 bits per heavy atom. The maximum absolute atomic E-state index is 6.03. The van der Waals surface area contributed by atoms with Crippen molar-refractivity contribution in [3.63, 3.8) is 0 Å². The van der Waals surface area contributed by atoms with Gasteiger partial charge in [0.15, 0.2) is 0 Å². The maximum atomic E-state index is 6.03. The van der Waals surface area contributed by atoms with Gasteiger partial charge >= 0.3 is 0 Å². The Morgan fingerprint density at radius 1 is 1.21 bits per heavy atom. The number of halogens is 2. The van der Waals surface area contributed by atoms with Crippen molar-refractivity contribution in [1.29, 1.82) is 0 Å². The second-order valence-corrected chi connectivity index (χ2v) is 5.13. The first-order valence-electron chi connectivity index (χ1n) is 5.76. The molecule has 0 aromatic rings. The molecule has 0 nitrogen and oxygen atoms in total. The molecule has 0 heterocycles. The van der Waals surface area contributed by atoms with Crippen molar-refractivity contribution < 1.29 is 0 Å². The van der Waals surface area contributed by atoms with Crippen molar-refractivity contribution in [2.24, 2.45) is 11.3 Å². The van der Waals surface area contributed by atoms with Gasteiger partial charge in [0.1, 0.15) is 0 Å². The molecule has 2 unspecified atom stereocenters. The van der Waals surface area contributed by atoms with Crippen molar-refractivity contribution in [3.05, 3.63) is 0 Å². The molecule has 0 N–H and O–H groups in total. The van der Waals surface area contributed by atoms with Gasteiger partial charge in [-0.2, -0.15) is 0 Å². The van der Waals surface area contributed by atoms with Gasteiger partial charge in [0.05, 0.1) is 0 Å². The molecule has 0 aliphatic heterocycles. The fraction of sp³-hybridized carbons (Fsp3) is 1.00. The fourth-order valence-electron chi connectivity index (χ4n) is 1.99. The molecule has 0 saturated heterocycles. The molecular formula is C12H24Cl2. The van der Waals surface area contributed by atoms with E-state index in [2.05, 4.69) is 20.8 Å². The summed E-state index contributed by atoms with van der Waals surface area (Å²) in [5.41, 5.74) is 0.395. The summed E-state index contributed by atoms with van der Waals surface area (Å²) < 4.78 is 0. The summed E-state index contributed by atoms with van der Waals surface area (Å²) in [5, 5.41) is 0. The minimum Gasteiger partial charge on any atom is -0.127 e. The van der Waals surface area contributed by atoms with Gasteiger partial charge < -0.3 is 0 Å². The lowest BCUT2D eigenvalue weighted by atomic mass is 9.71. The molecule has 0 rings (SSSR count). The van der Waals surface area contributed by atoms with Crippen LogP contribution in [-0.4, -0.2) is 11.8 Å². The molecule has 0 bridgehead atoms. The summed E-state index contributed by atoms with van der Waals surface area (Å²) >= 11 is 11.8. The van der Waals surface area contributed by atoms with Crippen molar-refractivity contribution in [3.8, 4) is 0 Å². The predicted octanol–water partition coefficient (Wildman–Crippen LogP) is 5.08. The molecule has 0 amide bonds. The molecule has 0 aliphatic rings. The van der Waals surface area contributed by atoms with E-state index in [-0.39, 0.29) is 0 Å². The summed E-state index contributed by atoms with van der Waals surface area (Å²) in [6, 6.07) is 0. The Labute approximate surface area is 99.4 Å². The predicted molar refractivity (Wildman–Crippen MR) is 67.5 cm³/mol. The molecule has 0 spiro atoms. The van der Waals surface area contributed by atoms with Crippen molar-refractivity contribution in [2.45, 2.75) is 52.9 Å². The summed E-state index contributed by atoms with van der Waals surface area (Å²) in [6.45, 7) is 6.87. The summed E-state index contributed by atoms with van der Waals surface area (Å²) in [4.78, 5) is 0. The molecule has 14 heavy (non-hydrogen) atoms. The lowest BCUT2D eigenvalue weighted by Crippen LogP contribution is -2.28. The number of alkyl halides is 2. The van der Waals surface area contributed by atoms with E-state index in [1.165, 1.54) is 25.7 Å². The molecule has 0 saturated carbocycles. The average molecular weight is 239 g/mol. The van der Waals surface area contributed by atoms with E-state index in [0.717, 1.165) is 18.2 Å². The average Bonchev–Trinajstić information content (AvgIpc) is 2.22. The highest BCUT2D eigenvalue weighted by atomic mass is 35.5. The molecule has 0 aliphatic carbocycles. The van der Waals surface area contributed by atoms with Gasteiger partial charge in [0.25, 0.3) is 0 Å². The van der Waals surface area contributed by atoms with Crippen LogP contribution in [0.25, 0.3) is 0 Å². The van der Waals surface area contributed by atoms with Gasteiger partial charge in [0, 0.05) is 11.8 Å². The van der Waals surface area contributed by atoms with Crippen LogP contribution >= 0.6 is 23.2 Å². The fourth-order valence-corrected chi connectivity index (χ4v) is 2.78. The van der Waals surface area contributed by atoms with E-state index >= 15 is 0 Å². The highest BCUT2D eigenvalue weighted by molar-refractivity contribution is 6.18. The van der Waals surface area contributed by atoms with Crippen LogP contribution in [0.3, 0.4) is 0 Å². The van der Waals surface area contributed by atoms with Crippen LogP contribution in [0, 0.1) is 11.3 Å². The Bertz CT molecular complexity index is 136. The van der Waals surface area contributed by atoms with E-state index in [1.807, 2.05) is 0 Å². The zero-order valence-electron chi connectivity index (χ0n) is 9.78. The van der Waals surface area contributed by atoms with E-state index in [1.54, 1.807) is 0 Å². The molecule has 0 aromatic carbocycles. The Balaban J connectivity index is 4.28. The smallest absolute Gasteiger partial charge is 0.0257 e.